The van der Waals surface area contributed by atoms with Gasteiger partial charge >= 0.3 is 0 Å². The van der Waals surface area contributed by atoms with Crippen LogP contribution in [0.15, 0.2) is 0 Å². The number of rotatable bonds is 2. The van der Waals surface area contributed by atoms with Gasteiger partial charge in [-0.3, -0.25) is 4.79 Å². The van der Waals surface area contributed by atoms with Gasteiger partial charge in [0.25, 0.3) is 6.47 Å². The van der Waals surface area contributed by atoms with Gasteiger partial charge in [0.1, 0.15) is 6.17 Å². The third-order valence-corrected chi connectivity index (χ3v) is 0.742. The molecule has 3 heteroatoms. The van der Waals surface area contributed by atoms with E-state index < -0.39 is 6.17 Å². The number of hydrogen-bond donors (Lipinski definition) is 0. The molecule has 0 aromatic rings. The van der Waals surface area contributed by atoms with Gasteiger partial charge in [0.05, 0.1) is 6.61 Å². The highest BCUT2D eigenvalue weighted by Gasteiger charge is 2.18. The molecule has 0 saturated heterocycles. The van der Waals surface area contributed by atoms with Crippen LogP contribution in [0, 0.1) is 0 Å². The first-order valence-corrected chi connectivity index (χ1v) is 3.00. The number of carbonyl (C=O) groups is 1. The van der Waals surface area contributed by atoms with Crippen molar-refractivity contribution in [3.63, 3.8) is 0 Å². The second-order valence-corrected chi connectivity index (χ2v) is 1.73. The molecule has 1 fully saturated rings. The normalized spacial score (nSPS) is 15.3. The maximum absolute atomic E-state index is 11.1. The summed E-state index contributed by atoms with van der Waals surface area (Å²) < 4.78 is 15.3. The van der Waals surface area contributed by atoms with Crippen molar-refractivity contribution in [1.82, 2.24) is 0 Å². The van der Waals surface area contributed by atoms with Gasteiger partial charge in [-0.25, -0.2) is 4.39 Å². The van der Waals surface area contributed by atoms with Gasteiger partial charge in [-0.2, -0.15) is 0 Å². The molecule has 0 aromatic heterocycles. The highest BCUT2D eigenvalue weighted by atomic mass is 19.1. The first-order chi connectivity index (χ1) is 4.31. The lowest BCUT2D eigenvalue weighted by molar-refractivity contribution is -0.128. The zero-order chi connectivity index (χ0) is 7.11. The van der Waals surface area contributed by atoms with E-state index in [-0.39, 0.29) is 0 Å². The molecule has 0 aromatic carbocycles. The summed E-state index contributed by atoms with van der Waals surface area (Å²) in [5.41, 5.74) is 0. The van der Waals surface area contributed by atoms with Crippen molar-refractivity contribution in [2.45, 2.75) is 25.9 Å². The molecule has 9 heavy (non-hydrogen) atoms. The van der Waals surface area contributed by atoms with Crippen LogP contribution >= 0.6 is 0 Å². The van der Waals surface area contributed by atoms with Gasteiger partial charge in [0, 0.05) is 0 Å². The molecule has 1 aliphatic rings. The Morgan fingerprint density at radius 3 is 2.22 bits per heavy atom. The molecule has 54 valence electrons. The lowest BCUT2D eigenvalue weighted by Crippen LogP contribution is -1.80. The van der Waals surface area contributed by atoms with E-state index in [1.807, 2.05) is 0 Å². The molecule has 0 unspecified atom stereocenters. The van der Waals surface area contributed by atoms with Crippen LogP contribution in [-0.4, -0.2) is 19.3 Å². The van der Waals surface area contributed by atoms with Crippen molar-refractivity contribution in [1.29, 1.82) is 0 Å². The van der Waals surface area contributed by atoms with Crippen LogP contribution in [0.1, 0.15) is 19.8 Å². The first-order valence-electron chi connectivity index (χ1n) is 3.00. The van der Waals surface area contributed by atoms with Crippen LogP contribution in [0.5, 0.6) is 0 Å². The number of carbonyl (C=O) groups excluding carboxylic acids is 1. The second-order valence-electron chi connectivity index (χ2n) is 1.73. The quantitative estimate of drug-likeness (QED) is 0.532. The summed E-state index contributed by atoms with van der Waals surface area (Å²) in [6.07, 6.45) is 1.22. The SMILES string of the molecule is CCOC=O.FC1CC1. The number of hydrogen-bond acceptors (Lipinski definition) is 2. The zero-order valence-electron chi connectivity index (χ0n) is 5.47. The summed E-state index contributed by atoms with van der Waals surface area (Å²) in [6, 6.07) is 0. The lowest BCUT2D eigenvalue weighted by Gasteiger charge is -1.79. The molecular weight excluding hydrogens is 123 g/mol. The second kappa shape index (κ2) is 5.54. The third-order valence-electron chi connectivity index (χ3n) is 0.742. The van der Waals surface area contributed by atoms with Crippen LogP contribution in [0.3, 0.4) is 0 Å². The average molecular weight is 134 g/mol. The van der Waals surface area contributed by atoms with Gasteiger partial charge in [-0.05, 0) is 19.8 Å². The maximum atomic E-state index is 11.1. The summed E-state index contributed by atoms with van der Waals surface area (Å²) in [7, 11) is 0. The Bertz CT molecular complexity index is 71.5. The van der Waals surface area contributed by atoms with E-state index in [4.69, 9.17) is 0 Å². The third kappa shape index (κ3) is 11.1. The maximum Gasteiger partial charge on any atom is 0.293 e. The molecule has 0 N–H and O–H groups in total. The summed E-state index contributed by atoms with van der Waals surface area (Å²) in [5.74, 6) is 0. The predicted molar refractivity (Wildman–Crippen MR) is 31.8 cm³/mol. The molecule has 0 aliphatic heterocycles. The Morgan fingerprint density at radius 2 is 2.22 bits per heavy atom. The molecule has 0 bridgehead atoms. The summed E-state index contributed by atoms with van der Waals surface area (Å²) in [4.78, 5) is 9.18. The minimum absolute atomic E-state index is 0.417. The van der Waals surface area contributed by atoms with Crippen molar-refractivity contribution in [2.75, 3.05) is 6.61 Å². The largest absolute Gasteiger partial charge is 0.468 e. The first kappa shape index (κ1) is 8.40. The molecule has 0 amide bonds. The van der Waals surface area contributed by atoms with Crippen LogP contribution in [0.2, 0.25) is 0 Å². The molecule has 1 aliphatic carbocycles. The van der Waals surface area contributed by atoms with E-state index >= 15 is 0 Å². The number of alkyl halides is 1. The van der Waals surface area contributed by atoms with Crippen LogP contribution in [0.25, 0.3) is 0 Å². The molecule has 0 spiro atoms. The van der Waals surface area contributed by atoms with Crippen molar-refractivity contribution in [3.8, 4) is 0 Å². The van der Waals surface area contributed by atoms with Gasteiger partial charge < -0.3 is 4.74 Å². The molecular formula is C6H11FO2. The fourth-order valence-electron chi connectivity index (χ4n) is 0.131. The van der Waals surface area contributed by atoms with E-state index in [1.165, 1.54) is 0 Å². The van der Waals surface area contributed by atoms with Gasteiger partial charge in [-0.1, -0.05) is 0 Å². The van der Waals surface area contributed by atoms with E-state index in [1.54, 1.807) is 6.92 Å². The van der Waals surface area contributed by atoms with Crippen molar-refractivity contribution in [3.05, 3.63) is 0 Å². The summed E-state index contributed by atoms with van der Waals surface area (Å²) in [6.45, 7) is 2.66. The Kier molecular flexibility index (Phi) is 5.17. The smallest absolute Gasteiger partial charge is 0.293 e. The van der Waals surface area contributed by atoms with E-state index in [0.29, 0.717) is 13.1 Å². The molecule has 0 radical (unpaired) electrons. The van der Waals surface area contributed by atoms with Crippen LogP contribution < -0.4 is 0 Å². The van der Waals surface area contributed by atoms with E-state index in [9.17, 15) is 9.18 Å². The van der Waals surface area contributed by atoms with Gasteiger partial charge in [-0.15, -0.1) is 0 Å². The molecule has 0 heterocycles. The van der Waals surface area contributed by atoms with Crippen molar-refractivity contribution < 1.29 is 13.9 Å². The molecule has 1 rings (SSSR count). The van der Waals surface area contributed by atoms with E-state index in [2.05, 4.69) is 4.74 Å². The topological polar surface area (TPSA) is 26.3 Å². The fraction of sp³-hybridized carbons (Fsp3) is 0.833. The zero-order valence-corrected chi connectivity index (χ0v) is 5.47. The Hall–Kier alpha value is -0.600. The van der Waals surface area contributed by atoms with Crippen molar-refractivity contribution in [2.24, 2.45) is 0 Å². The number of ether oxygens (including phenoxy) is 1. The Labute approximate surface area is 54.0 Å². The lowest BCUT2D eigenvalue weighted by atomic mass is 10.9. The summed E-state index contributed by atoms with van der Waals surface area (Å²) >= 11 is 0. The summed E-state index contributed by atoms with van der Waals surface area (Å²) in [5, 5.41) is 0. The monoisotopic (exact) mass is 134 g/mol. The Balaban J connectivity index is 0.000000144. The number of halogens is 1. The Morgan fingerprint density at radius 1 is 1.78 bits per heavy atom. The fourth-order valence-corrected chi connectivity index (χ4v) is 0.131. The predicted octanol–water partition coefficient (Wildman–Crippen LogP) is 1.30. The highest BCUT2D eigenvalue weighted by molar-refractivity contribution is 5.36. The average Bonchev–Trinajstić information content (AvgIpc) is 2.55. The molecule has 0 atom stereocenters. The minimum atomic E-state index is -0.417. The van der Waals surface area contributed by atoms with Gasteiger partial charge in [0.2, 0.25) is 0 Å². The highest BCUT2D eigenvalue weighted by Crippen LogP contribution is 2.22. The molecule has 2 nitrogen and oxygen atoms in total. The van der Waals surface area contributed by atoms with E-state index in [0.717, 1.165) is 12.8 Å². The van der Waals surface area contributed by atoms with Crippen LogP contribution in [0.4, 0.5) is 4.39 Å². The minimum Gasteiger partial charge on any atom is -0.468 e. The standard InChI is InChI=1S/C3H5F.C3H6O2/c4-3-1-2-3;1-2-5-3-4/h3H,1-2H2;3H,2H2,1H3. The molecule has 1 saturated carbocycles. The van der Waals surface area contributed by atoms with Crippen LogP contribution in [-0.2, 0) is 9.53 Å². The van der Waals surface area contributed by atoms with Crippen molar-refractivity contribution >= 4 is 6.47 Å². The van der Waals surface area contributed by atoms with Gasteiger partial charge in [0.15, 0.2) is 0 Å².